The molecular formula is C10H9NO2S2. The SMILES string of the molecule is COC(=O)C(C#N)=Cc1ccc(SC)s1. The van der Waals surface area contributed by atoms with Crippen LogP contribution in [0.2, 0.25) is 0 Å². The molecule has 0 aliphatic carbocycles. The van der Waals surface area contributed by atoms with Gasteiger partial charge in [-0.15, -0.1) is 23.1 Å². The van der Waals surface area contributed by atoms with Crippen molar-refractivity contribution in [2.45, 2.75) is 4.21 Å². The Hall–Kier alpha value is -1.25. The third kappa shape index (κ3) is 3.11. The molecule has 0 radical (unpaired) electrons. The zero-order valence-corrected chi connectivity index (χ0v) is 9.95. The first kappa shape index (κ1) is 11.8. The fourth-order valence-electron chi connectivity index (χ4n) is 0.911. The predicted molar refractivity (Wildman–Crippen MR) is 61.7 cm³/mol. The lowest BCUT2D eigenvalue weighted by Crippen LogP contribution is -2.02. The minimum Gasteiger partial charge on any atom is -0.465 e. The lowest BCUT2D eigenvalue weighted by Gasteiger charge is -1.94. The summed E-state index contributed by atoms with van der Waals surface area (Å²) in [6.45, 7) is 0. The first-order valence-corrected chi connectivity index (χ1v) is 6.09. The standard InChI is InChI=1S/C10H9NO2S2/c1-13-10(12)7(6-11)5-8-3-4-9(14-2)15-8/h3-5H,1-2H3. The van der Waals surface area contributed by atoms with Gasteiger partial charge in [0, 0.05) is 4.88 Å². The molecule has 0 spiro atoms. The molecule has 0 saturated heterocycles. The molecule has 0 fully saturated rings. The van der Waals surface area contributed by atoms with Gasteiger partial charge in [-0.2, -0.15) is 5.26 Å². The van der Waals surface area contributed by atoms with Crippen molar-refractivity contribution in [1.82, 2.24) is 0 Å². The highest BCUT2D eigenvalue weighted by Crippen LogP contribution is 2.26. The number of ether oxygens (including phenoxy) is 1. The van der Waals surface area contributed by atoms with E-state index in [-0.39, 0.29) is 5.57 Å². The lowest BCUT2D eigenvalue weighted by molar-refractivity contribution is -0.135. The van der Waals surface area contributed by atoms with Gasteiger partial charge in [0.1, 0.15) is 11.6 Å². The van der Waals surface area contributed by atoms with Crippen LogP contribution in [0.3, 0.4) is 0 Å². The monoisotopic (exact) mass is 239 g/mol. The van der Waals surface area contributed by atoms with E-state index in [9.17, 15) is 4.79 Å². The highest BCUT2D eigenvalue weighted by Gasteiger charge is 2.09. The van der Waals surface area contributed by atoms with Gasteiger partial charge in [0.2, 0.25) is 0 Å². The van der Waals surface area contributed by atoms with E-state index in [0.717, 1.165) is 9.09 Å². The lowest BCUT2D eigenvalue weighted by atomic mass is 10.2. The van der Waals surface area contributed by atoms with Crippen LogP contribution in [0.15, 0.2) is 21.9 Å². The second-order valence-electron chi connectivity index (χ2n) is 2.52. The van der Waals surface area contributed by atoms with Crippen LogP contribution in [0.25, 0.3) is 6.08 Å². The van der Waals surface area contributed by atoms with E-state index in [1.165, 1.54) is 24.5 Å². The maximum Gasteiger partial charge on any atom is 0.348 e. The van der Waals surface area contributed by atoms with Gasteiger partial charge in [-0.3, -0.25) is 0 Å². The van der Waals surface area contributed by atoms with Crippen LogP contribution in [-0.4, -0.2) is 19.3 Å². The number of rotatable bonds is 3. The fraction of sp³-hybridized carbons (Fsp3) is 0.200. The molecule has 1 rings (SSSR count). The number of esters is 1. The summed E-state index contributed by atoms with van der Waals surface area (Å²) in [5.41, 5.74) is 0.0204. The molecule has 0 aliphatic rings. The van der Waals surface area contributed by atoms with Crippen LogP contribution < -0.4 is 0 Å². The summed E-state index contributed by atoms with van der Waals surface area (Å²) in [5.74, 6) is -0.600. The van der Waals surface area contributed by atoms with Gasteiger partial charge in [-0.05, 0) is 24.5 Å². The van der Waals surface area contributed by atoms with Crippen molar-refractivity contribution in [2.24, 2.45) is 0 Å². The van der Waals surface area contributed by atoms with Crippen molar-refractivity contribution in [3.05, 3.63) is 22.6 Å². The van der Waals surface area contributed by atoms with E-state index in [1.807, 2.05) is 24.5 Å². The zero-order valence-electron chi connectivity index (χ0n) is 8.31. The van der Waals surface area contributed by atoms with Crippen molar-refractivity contribution in [2.75, 3.05) is 13.4 Å². The molecule has 0 atom stereocenters. The van der Waals surface area contributed by atoms with Crippen LogP contribution in [0.4, 0.5) is 0 Å². The number of thiophene rings is 1. The van der Waals surface area contributed by atoms with Crippen LogP contribution in [-0.2, 0) is 9.53 Å². The Morgan fingerprint density at radius 2 is 2.40 bits per heavy atom. The quantitative estimate of drug-likeness (QED) is 0.352. The minimum absolute atomic E-state index is 0.0204. The molecule has 0 saturated carbocycles. The Kier molecular flexibility index (Phi) is 4.40. The molecule has 0 N–H and O–H groups in total. The summed E-state index contributed by atoms with van der Waals surface area (Å²) in [6, 6.07) is 5.64. The second kappa shape index (κ2) is 5.59. The second-order valence-corrected chi connectivity index (χ2v) is 4.74. The van der Waals surface area contributed by atoms with Gasteiger partial charge in [0.05, 0.1) is 11.3 Å². The van der Waals surface area contributed by atoms with Crippen molar-refractivity contribution in [3.8, 4) is 6.07 Å². The summed E-state index contributed by atoms with van der Waals surface area (Å²) in [5, 5.41) is 8.73. The summed E-state index contributed by atoms with van der Waals surface area (Å²) in [6.07, 6.45) is 3.51. The molecule has 0 unspecified atom stereocenters. The molecule has 0 bridgehead atoms. The topological polar surface area (TPSA) is 50.1 Å². The minimum atomic E-state index is -0.600. The summed E-state index contributed by atoms with van der Waals surface area (Å²) in [7, 11) is 1.26. The molecule has 78 valence electrons. The van der Waals surface area contributed by atoms with Crippen LogP contribution in [0.1, 0.15) is 4.88 Å². The third-order valence-corrected chi connectivity index (χ3v) is 3.73. The van der Waals surface area contributed by atoms with Gasteiger partial charge in [-0.25, -0.2) is 4.79 Å². The van der Waals surface area contributed by atoms with Gasteiger partial charge in [0.15, 0.2) is 0 Å². The normalized spacial score (nSPS) is 10.9. The summed E-state index contributed by atoms with van der Waals surface area (Å²) < 4.78 is 5.62. The van der Waals surface area contributed by atoms with E-state index in [4.69, 9.17) is 5.26 Å². The Labute approximate surface area is 96.4 Å². The molecule has 1 heterocycles. The van der Waals surface area contributed by atoms with E-state index in [1.54, 1.807) is 11.8 Å². The number of hydrogen-bond donors (Lipinski definition) is 0. The number of thioether (sulfide) groups is 1. The average molecular weight is 239 g/mol. The van der Waals surface area contributed by atoms with Crippen molar-refractivity contribution in [3.63, 3.8) is 0 Å². The Morgan fingerprint density at radius 1 is 1.67 bits per heavy atom. The van der Waals surface area contributed by atoms with Crippen LogP contribution in [0.5, 0.6) is 0 Å². The number of nitriles is 1. The van der Waals surface area contributed by atoms with E-state index >= 15 is 0 Å². The maximum atomic E-state index is 11.1. The molecule has 0 amide bonds. The number of hydrogen-bond acceptors (Lipinski definition) is 5. The van der Waals surface area contributed by atoms with E-state index in [2.05, 4.69) is 4.74 Å². The van der Waals surface area contributed by atoms with Crippen molar-refractivity contribution in [1.29, 1.82) is 5.26 Å². The van der Waals surface area contributed by atoms with Crippen molar-refractivity contribution < 1.29 is 9.53 Å². The van der Waals surface area contributed by atoms with Gasteiger partial charge >= 0.3 is 5.97 Å². The largest absolute Gasteiger partial charge is 0.465 e. The molecule has 0 aliphatic heterocycles. The van der Waals surface area contributed by atoms with Gasteiger partial charge < -0.3 is 4.74 Å². The first-order chi connectivity index (χ1) is 7.21. The molecule has 3 nitrogen and oxygen atoms in total. The molecular weight excluding hydrogens is 230 g/mol. The molecule has 1 aromatic rings. The Morgan fingerprint density at radius 3 is 2.87 bits per heavy atom. The number of carbonyl (C=O) groups is 1. The Balaban J connectivity index is 2.94. The van der Waals surface area contributed by atoms with Crippen LogP contribution in [0, 0.1) is 11.3 Å². The molecule has 0 aromatic carbocycles. The van der Waals surface area contributed by atoms with E-state index in [0.29, 0.717) is 0 Å². The van der Waals surface area contributed by atoms with Crippen molar-refractivity contribution >= 4 is 35.1 Å². The zero-order chi connectivity index (χ0) is 11.3. The maximum absolute atomic E-state index is 11.1. The predicted octanol–water partition coefficient (Wildman–Crippen LogP) is 2.55. The first-order valence-electron chi connectivity index (χ1n) is 4.05. The Bertz CT molecular complexity index is 429. The summed E-state index contributed by atoms with van der Waals surface area (Å²) >= 11 is 3.16. The van der Waals surface area contributed by atoms with Crippen LogP contribution >= 0.6 is 23.1 Å². The molecule has 1 aromatic heterocycles. The van der Waals surface area contributed by atoms with Gasteiger partial charge in [-0.1, -0.05) is 0 Å². The fourth-order valence-corrected chi connectivity index (χ4v) is 2.42. The highest BCUT2D eigenvalue weighted by molar-refractivity contribution is 8.00. The number of nitrogens with zero attached hydrogens (tertiary/aromatic N) is 1. The summed E-state index contributed by atoms with van der Waals surface area (Å²) in [4.78, 5) is 12.0. The van der Waals surface area contributed by atoms with E-state index < -0.39 is 5.97 Å². The smallest absolute Gasteiger partial charge is 0.348 e. The molecule has 15 heavy (non-hydrogen) atoms. The highest BCUT2D eigenvalue weighted by atomic mass is 32.2. The average Bonchev–Trinajstić information content (AvgIpc) is 2.72. The van der Waals surface area contributed by atoms with Gasteiger partial charge in [0.25, 0.3) is 0 Å². The third-order valence-electron chi connectivity index (χ3n) is 1.62. The number of carbonyl (C=O) groups excluding carboxylic acids is 1. The molecule has 5 heteroatoms. The number of methoxy groups -OCH3 is 1.